The van der Waals surface area contributed by atoms with Gasteiger partial charge in [-0.3, -0.25) is 9.89 Å². The van der Waals surface area contributed by atoms with Crippen molar-refractivity contribution in [3.05, 3.63) is 65.6 Å². The molecule has 1 N–H and O–H groups in total. The smallest absolute Gasteiger partial charge is 0.269 e. The van der Waals surface area contributed by atoms with Gasteiger partial charge in [0.25, 0.3) is 5.88 Å². The van der Waals surface area contributed by atoms with Gasteiger partial charge in [0.2, 0.25) is 0 Å². The molecule has 0 amide bonds. The lowest BCUT2D eigenvalue weighted by atomic mass is 10.1. The quantitative estimate of drug-likeness (QED) is 0.583. The van der Waals surface area contributed by atoms with Crippen LogP contribution in [0.3, 0.4) is 0 Å². The Morgan fingerprint density at radius 3 is 2.26 bits per heavy atom. The number of nitrogens with one attached hydrogen (secondary N) is 1. The average molecular weight is 304 g/mol. The van der Waals surface area contributed by atoms with Gasteiger partial charge in [0.15, 0.2) is 17.2 Å². The van der Waals surface area contributed by atoms with E-state index in [0.29, 0.717) is 11.4 Å². The van der Waals surface area contributed by atoms with E-state index >= 15 is 0 Å². The zero-order chi connectivity index (χ0) is 16.2. The molecule has 0 fully saturated rings. The maximum atomic E-state index is 11.4. The Bertz CT molecular complexity index is 874. The molecule has 6 nitrogen and oxygen atoms in total. The fourth-order valence-electron chi connectivity index (χ4n) is 2.07. The van der Waals surface area contributed by atoms with Gasteiger partial charge in [-0.15, -0.1) is 0 Å². The van der Waals surface area contributed by atoms with E-state index in [4.69, 9.17) is 11.3 Å². The van der Waals surface area contributed by atoms with E-state index in [2.05, 4.69) is 20.3 Å². The van der Waals surface area contributed by atoms with Crippen LogP contribution in [-0.2, 0) is 0 Å². The Morgan fingerprint density at radius 1 is 1.09 bits per heavy atom. The lowest BCUT2D eigenvalue weighted by molar-refractivity contribution is 0.101. The van der Waals surface area contributed by atoms with Crippen molar-refractivity contribution in [1.82, 2.24) is 15.4 Å². The van der Waals surface area contributed by atoms with E-state index in [0.717, 1.165) is 11.1 Å². The van der Waals surface area contributed by atoms with Crippen LogP contribution in [0.4, 0.5) is 5.69 Å². The van der Waals surface area contributed by atoms with Crippen molar-refractivity contribution in [2.45, 2.75) is 6.92 Å². The van der Waals surface area contributed by atoms with Gasteiger partial charge in [-0.25, -0.2) is 4.85 Å². The summed E-state index contributed by atoms with van der Waals surface area (Å²) in [6.45, 7) is 8.37. The van der Waals surface area contributed by atoms with Crippen molar-refractivity contribution in [3.8, 4) is 22.8 Å². The molecule has 1 aromatic heterocycles. The van der Waals surface area contributed by atoms with Gasteiger partial charge < -0.3 is 4.74 Å². The molecule has 3 rings (SSSR count). The highest BCUT2D eigenvalue weighted by Gasteiger charge is 2.13. The first-order valence-corrected chi connectivity index (χ1v) is 6.85. The van der Waals surface area contributed by atoms with Gasteiger partial charge in [0, 0.05) is 6.92 Å². The van der Waals surface area contributed by atoms with Crippen LogP contribution in [0.25, 0.3) is 16.0 Å². The highest BCUT2D eigenvalue weighted by atomic mass is 16.5. The molecule has 0 saturated carbocycles. The molecular formula is C17H12N4O2. The van der Waals surface area contributed by atoms with Crippen molar-refractivity contribution in [1.29, 1.82) is 0 Å². The number of carbonyl (C=O) groups excluding carboxylic acids is 1. The fraction of sp³-hybridized carbons (Fsp3) is 0.0588. The highest BCUT2D eigenvalue weighted by Crippen LogP contribution is 2.27. The molecule has 23 heavy (non-hydrogen) atoms. The highest BCUT2D eigenvalue weighted by molar-refractivity contribution is 5.94. The molecule has 112 valence electrons. The third kappa shape index (κ3) is 3.09. The average Bonchev–Trinajstić information content (AvgIpc) is 3.04. The summed E-state index contributed by atoms with van der Waals surface area (Å²) in [5.74, 6) is 0.524. The molecule has 0 spiro atoms. The molecule has 0 saturated heterocycles. The molecule has 0 aliphatic rings. The minimum Gasteiger partial charge on any atom is -0.436 e. The van der Waals surface area contributed by atoms with Crippen LogP contribution in [0.5, 0.6) is 11.6 Å². The van der Waals surface area contributed by atoms with E-state index < -0.39 is 0 Å². The Hall–Kier alpha value is -3.46. The molecule has 0 unspecified atom stereocenters. The first-order valence-electron chi connectivity index (χ1n) is 6.85. The van der Waals surface area contributed by atoms with Crippen LogP contribution in [0.15, 0.2) is 48.5 Å². The van der Waals surface area contributed by atoms with Gasteiger partial charge >= 0.3 is 0 Å². The third-order valence-corrected chi connectivity index (χ3v) is 3.27. The second-order valence-corrected chi connectivity index (χ2v) is 4.83. The van der Waals surface area contributed by atoms with Crippen molar-refractivity contribution >= 4 is 11.5 Å². The van der Waals surface area contributed by atoms with Crippen molar-refractivity contribution < 1.29 is 9.53 Å². The van der Waals surface area contributed by atoms with E-state index in [1.54, 1.807) is 24.3 Å². The minimum absolute atomic E-state index is 0.159. The van der Waals surface area contributed by atoms with Crippen LogP contribution < -0.4 is 4.74 Å². The van der Waals surface area contributed by atoms with Crippen LogP contribution in [0.2, 0.25) is 0 Å². The Labute approximate surface area is 132 Å². The summed E-state index contributed by atoms with van der Waals surface area (Å²) in [7, 11) is 0. The van der Waals surface area contributed by atoms with Gasteiger partial charge in [-0.05, 0) is 23.3 Å². The SMILES string of the molecule is [C-]#[N+]c1ccc(-c2ccc(Oc3nn[nH]c3C(C)=O)cc2)cc1. The number of aromatic amines is 1. The number of hydrogen-bond acceptors (Lipinski definition) is 4. The maximum Gasteiger partial charge on any atom is 0.269 e. The molecule has 0 atom stereocenters. The zero-order valence-corrected chi connectivity index (χ0v) is 12.3. The van der Waals surface area contributed by atoms with E-state index in [1.807, 2.05) is 24.3 Å². The van der Waals surface area contributed by atoms with E-state index in [1.165, 1.54) is 6.92 Å². The van der Waals surface area contributed by atoms with Gasteiger partial charge in [0.05, 0.1) is 6.57 Å². The number of rotatable bonds is 4. The van der Waals surface area contributed by atoms with Crippen molar-refractivity contribution in [2.24, 2.45) is 0 Å². The number of aromatic nitrogens is 3. The fourth-order valence-corrected chi connectivity index (χ4v) is 2.07. The number of Topliss-reactive ketones (excluding diaryl/α,β-unsaturated/α-hetero) is 1. The minimum atomic E-state index is -0.193. The topological polar surface area (TPSA) is 72.2 Å². The van der Waals surface area contributed by atoms with Gasteiger partial charge in [0.1, 0.15) is 5.75 Å². The monoisotopic (exact) mass is 304 g/mol. The number of hydrogen-bond donors (Lipinski definition) is 1. The largest absolute Gasteiger partial charge is 0.436 e. The molecule has 3 aromatic rings. The number of ketones is 1. The molecule has 6 heteroatoms. The van der Waals surface area contributed by atoms with Crippen molar-refractivity contribution in [3.63, 3.8) is 0 Å². The maximum absolute atomic E-state index is 11.4. The Kier molecular flexibility index (Phi) is 3.85. The van der Waals surface area contributed by atoms with Crippen LogP contribution in [0.1, 0.15) is 17.4 Å². The second-order valence-electron chi connectivity index (χ2n) is 4.83. The predicted molar refractivity (Wildman–Crippen MR) is 84.6 cm³/mol. The number of ether oxygens (including phenoxy) is 1. The van der Waals surface area contributed by atoms with Gasteiger partial charge in [-0.1, -0.05) is 46.7 Å². The summed E-state index contributed by atoms with van der Waals surface area (Å²) in [5.41, 5.74) is 2.86. The standard InChI is InChI=1S/C17H12N4O2/c1-11(22)16-17(20-21-19-16)23-15-9-5-13(6-10-15)12-3-7-14(18-2)8-4-12/h3-10H,1H3,(H,19,20,21). The van der Waals surface area contributed by atoms with Gasteiger partial charge in [-0.2, -0.15) is 0 Å². The first kappa shape index (κ1) is 14.5. The summed E-state index contributed by atoms with van der Waals surface area (Å²) in [5, 5.41) is 9.85. The summed E-state index contributed by atoms with van der Waals surface area (Å²) in [6, 6.07) is 14.7. The molecule has 0 aliphatic carbocycles. The number of carbonyl (C=O) groups is 1. The predicted octanol–water partition coefficient (Wildman–Crippen LogP) is 4.02. The lowest BCUT2D eigenvalue weighted by Crippen LogP contribution is -1.96. The lowest BCUT2D eigenvalue weighted by Gasteiger charge is -2.05. The summed E-state index contributed by atoms with van der Waals surface area (Å²) in [4.78, 5) is 14.8. The van der Waals surface area contributed by atoms with Crippen LogP contribution in [0, 0.1) is 6.57 Å². The summed E-state index contributed by atoms with van der Waals surface area (Å²) < 4.78 is 5.57. The number of nitrogens with zero attached hydrogens (tertiary/aromatic N) is 3. The molecular weight excluding hydrogens is 292 g/mol. The van der Waals surface area contributed by atoms with Crippen LogP contribution >= 0.6 is 0 Å². The Morgan fingerprint density at radius 2 is 1.70 bits per heavy atom. The van der Waals surface area contributed by atoms with E-state index in [9.17, 15) is 4.79 Å². The normalized spacial score (nSPS) is 10.1. The third-order valence-electron chi connectivity index (χ3n) is 3.27. The first-order chi connectivity index (χ1) is 11.2. The van der Waals surface area contributed by atoms with E-state index in [-0.39, 0.29) is 17.4 Å². The summed E-state index contributed by atoms with van der Waals surface area (Å²) >= 11 is 0. The Balaban J connectivity index is 1.80. The van der Waals surface area contributed by atoms with Crippen molar-refractivity contribution in [2.75, 3.05) is 0 Å². The molecule has 1 heterocycles. The van der Waals surface area contributed by atoms with Crippen LogP contribution in [-0.4, -0.2) is 21.2 Å². The molecule has 0 bridgehead atoms. The molecule has 0 aliphatic heterocycles. The number of benzene rings is 2. The molecule has 0 radical (unpaired) electrons. The summed E-state index contributed by atoms with van der Waals surface area (Å²) in [6.07, 6.45) is 0. The zero-order valence-electron chi connectivity index (χ0n) is 12.3. The molecule has 2 aromatic carbocycles. The second kappa shape index (κ2) is 6.12. The number of H-pyrrole nitrogens is 1.